The lowest BCUT2D eigenvalue weighted by Gasteiger charge is -2.29. The summed E-state index contributed by atoms with van der Waals surface area (Å²) < 4.78 is 23.8. The highest BCUT2D eigenvalue weighted by Gasteiger charge is 2.27. The second-order valence-corrected chi connectivity index (χ2v) is 5.30. The maximum absolute atomic E-state index is 11.4. The molecular formula is C10H12N2O4S. The molecule has 0 saturated carbocycles. The van der Waals surface area contributed by atoms with Crippen LogP contribution >= 0.6 is 0 Å². The van der Waals surface area contributed by atoms with Gasteiger partial charge in [-0.3, -0.25) is 4.31 Å². The number of rotatable bonds is 2. The first-order chi connectivity index (χ1) is 7.91. The predicted molar refractivity (Wildman–Crippen MR) is 62.2 cm³/mol. The molecule has 2 rings (SSSR count). The number of benzene rings is 1. The molecule has 0 aromatic heterocycles. The van der Waals surface area contributed by atoms with Crippen LogP contribution in [0.2, 0.25) is 0 Å². The van der Waals surface area contributed by atoms with Crippen LogP contribution in [0.3, 0.4) is 0 Å². The van der Waals surface area contributed by atoms with Crippen molar-refractivity contribution in [3.05, 3.63) is 29.3 Å². The summed E-state index contributed by atoms with van der Waals surface area (Å²) in [6.07, 6.45) is 1.11. The average molecular weight is 256 g/mol. The van der Waals surface area contributed by atoms with Crippen molar-refractivity contribution in [2.75, 3.05) is 10.8 Å². The fraction of sp³-hybridized carbons (Fsp3) is 0.300. The van der Waals surface area contributed by atoms with Gasteiger partial charge in [-0.2, -0.15) is 8.42 Å². The van der Waals surface area contributed by atoms with Crippen LogP contribution in [-0.2, 0) is 16.6 Å². The van der Waals surface area contributed by atoms with E-state index in [4.69, 9.17) is 10.2 Å². The molecule has 7 heteroatoms. The van der Waals surface area contributed by atoms with Crippen LogP contribution in [0.25, 0.3) is 0 Å². The van der Waals surface area contributed by atoms with E-state index in [2.05, 4.69) is 0 Å². The molecule has 0 saturated heterocycles. The van der Waals surface area contributed by atoms with Crippen LogP contribution in [-0.4, -0.2) is 26.0 Å². The Bertz CT molecular complexity index is 568. The van der Waals surface area contributed by atoms with Gasteiger partial charge in [0.2, 0.25) is 0 Å². The minimum Gasteiger partial charge on any atom is -0.478 e. The molecule has 0 atom stereocenters. The van der Waals surface area contributed by atoms with Crippen molar-refractivity contribution >= 4 is 21.9 Å². The highest BCUT2D eigenvalue weighted by atomic mass is 32.2. The highest BCUT2D eigenvalue weighted by Crippen LogP contribution is 2.30. The molecule has 1 aliphatic heterocycles. The van der Waals surface area contributed by atoms with Gasteiger partial charge in [0.15, 0.2) is 0 Å². The predicted octanol–water partition coefficient (Wildman–Crippen LogP) is 0.341. The number of carboxylic acid groups (broad SMARTS) is 1. The first-order valence-electron chi connectivity index (χ1n) is 5.07. The van der Waals surface area contributed by atoms with E-state index in [9.17, 15) is 13.2 Å². The number of fused-ring (bicyclic) bond motifs is 1. The Morgan fingerprint density at radius 1 is 1.41 bits per heavy atom. The van der Waals surface area contributed by atoms with Gasteiger partial charge in [-0.05, 0) is 30.5 Å². The number of aromatic carboxylic acids is 1. The smallest absolute Gasteiger partial charge is 0.336 e. The van der Waals surface area contributed by atoms with Crippen LogP contribution < -0.4 is 9.44 Å². The number of nitrogens with two attached hydrogens (primary N) is 1. The van der Waals surface area contributed by atoms with Crippen LogP contribution in [0.1, 0.15) is 22.3 Å². The molecule has 0 amide bonds. The van der Waals surface area contributed by atoms with Gasteiger partial charge in [0.05, 0.1) is 11.3 Å². The van der Waals surface area contributed by atoms with Crippen LogP contribution in [0, 0.1) is 0 Å². The third kappa shape index (κ3) is 2.11. The molecule has 1 aliphatic rings. The third-order valence-electron chi connectivity index (χ3n) is 2.75. The van der Waals surface area contributed by atoms with Crippen LogP contribution in [0.15, 0.2) is 18.2 Å². The van der Waals surface area contributed by atoms with E-state index in [-0.39, 0.29) is 12.1 Å². The summed E-state index contributed by atoms with van der Waals surface area (Å²) in [6, 6.07) is 4.56. The zero-order valence-corrected chi connectivity index (χ0v) is 9.77. The van der Waals surface area contributed by atoms with Gasteiger partial charge in [-0.25, -0.2) is 9.93 Å². The summed E-state index contributed by atoms with van der Waals surface area (Å²) in [5.74, 6) is -1.06. The first kappa shape index (κ1) is 11.9. The largest absolute Gasteiger partial charge is 0.478 e. The second kappa shape index (κ2) is 4.01. The maximum Gasteiger partial charge on any atom is 0.336 e. The van der Waals surface area contributed by atoms with E-state index >= 15 is 0 Å². The van der Waals surface area contributed by atoms with E-state index in [1.165, 1.54) is 12.1 Å². The van der Waals surface area contributed by atoms with E-state index in [1.54, 1.807) is 6.07 Å². The number of carbonyl (C=O) groups is 1. The van der Waals surface area contributed by atoms with Crippen molar-refractivity contribution in [3.8, 4) is 0 Å². The number of hydrogen-bond acceptors (Lipinski definition) is 3. The highest BCUT2D eigenvalue weighted by molar-refractivity contribution is 7.90. The molecule has 0 fully saturated rings. The summed E-state index contributed by atoms with van der Waals surface area (Å²) in [4.78, 5) is 11.0. The molecular weight excluding hydrogens is 244 g/mol. The van der Waals surface area contributed by atoms with Crippen molar-refractivity contribution < 1.29 is 18.3 Å². The fourth-order valence-corrected chi connectivity index (χ4v) is 2.88. The summed E-state index contributed by atoms with van der Waals surface area (Å²) >= 11 is 0. The monoisotopic (exact) mass is 256 g/mol. The van der Waals surface area contributed by atoms with Crippen molar-refractivity contribution in [2.24, 2.45) is 5.14 Å². The van der Waals surface area contributed by atoms with Crippen molar-refractivity contribution in [3.63, 3.8) is 0 Å². The Morgan fingerprint density at radius 2 is 2.12 bits per heavy atom. The molecule has 0 bridgehead atoms. The Labute approximate surface area is 98.8 Å². The van der Waals surface area contributed by atoms with E-state index in [0.29, 0.717) is 24.1 Å². The topological polar surface area (TPSA) is 101 Å². The molecule has 0 radical (unpaired) electrons. The molecule has 3 N–H and O–H groups in total. The summed E-state index contributed by atoms with van der Waals surface area (Å²) in [5, 5.41) is 14.1. The van der Waals surface area contributed by atoms with Crippen LogP contribution in [0.4, 0.5) is 5.69 Å². The quantitative estimate of drug-likeness (QED) is 0.796. The van der Waals surface area contributed by atoms with Crippen molar-refractivity contribution in [2.45, 2.75) is 12.8 Å². The summed E-state index contributed by atoms with van der Waals surface area (Å²) in [7, 11) is -3.84. The zero-order valence-electron chi connectivity index (χ0n) is 8.96. The number of hydrogen-bond donors (Lipinski definition) is 2. The van der Waals surface area contributed by atoms with E-state index in [0.717, 1.165) is 4.31 Å². The van der Waals surface area contributed by atoms with Crippen molar-refractivity contribution in [1.82, 2.24) is 0 Å². The normalized spacial score (nSPS) is 15.5. The molecule has 0 aliphatic carbocycles. The summed E-state index contributed by atoms with van der Waals surface area (Å²) in [6.45, 7) is 0.287. The minimum atomic E-state index is -3.84. The maximum atomic E-state index is 11.4. The Hall–Kier alpha value is -1.60. The SMILES string of the molecule is NS(=O)(=O)N1CCCc2c(C(=O)O)cccc21. The van der Waals surface area contributed by atoms with Gasteiger partial charge >= 0.3 is 5.97 Å². The van der Waals surface area contributed by atoms with Gasteiger partial charge < -0.3 is 5.11 Å². The molecule has 1 aromatic rings. The van der Waals surface area contributed by atoms with Gasteiger partial charge in [0, 0.05) is 6.54 Å². The molecule has 0 unspecified atom stereocenters. The van der Waals surface area contributed by atoms with Gasteiger partial charge in [0.1, 0.15) is 0 Å². The number of nitrogens with zero attached hydrogens (tertiary/aromatic N) is 1. The lowest BCUT2D eigenvalue weighted by molar-refractivity contribution is 0.0695. The second-order valence-electron chi connectivity index (χ2n) is 3.83. The molecule has 92 valence electrons. The average Bonchev–Trinajstić information content (AvgIpc) is 2.26. The molecule has 0 spiro atoms. The number of anilines is 1. The summed E-state index contributed by atoms with van der Waals surface area (Å²) in [5.41, 5.74) is 1.04. The van der Waals surface area contributed by atoms with Crippen LogP contribution in [0.5, 0.6) is 0 Å². The fourth-order valence-electron chi connectivity index (χ4n) is 2.06. The van der Waals surface area contributed by atoms with Gasteiger partial charge in [-0.1, -0.05) is 6.07 Å². The lowest BCUT2D eigenvalue weighted by Crippen LogP contribution is -2.40. The number of carboxylic acids is 1. The van der Waals surface area contributed by atoms with E-state index < -0.39 is 16.2 Å². The first-order valence-corrected chi connectivity index (χ1v) is 6.57. The minimum absolute atomic E-state index is 0.135. The Kier molecular flexibility index (Phi) is 2.80. The molecule has 1 aromatic carbocycles. The third-order valence-corrected chi connectivity index (χ3v) is 3.74. The molecule has 6 nitrogen and oxygen atoms in total. The molecule has 1 heterocycles. The Morgan fingerprint density at radius 3 is 2.71 bits per heavy atom. The molecule has 17 heavy (non-hydrogen) atoms. The Balaban J connectivity index is 2.61. The van der Waals surface area contributed by atoms with Gasteiger partial charge in [0.25, 0.3) is 10.2 Å². The van der Waals surface area contributed by atoms with E-state index in [1.807, 2.05) is 0 Å². The standard InChI is InChI=1S/C10H12N2O4S/c11-17(15,16)12-6-2-4-7-8(10(13)14)3-1-5-9(7)12/h1,3,5H,2,4,6H2,(H,13,14)(H2,11,15,16). The van der Waals surface area contributed by atoms with Gasteiger partial charge in [-0.15, -0.1) is 0 Å². The lowest BCUT2D eigenvalue weighted by atomic mass is 9.98. The van der Waals surface area contributed by atoms with Crippen molar-refractivity contribution in [1.29, 1.82) is 0 Å². The zero-order chi connectivity index (χ0) is 12.6.